The van der Waals surface area contributed by atoms with Crippen LogP contribution in [0.3, 0.4) is 0 Å². The van der Waals surface area contributed by atoms with E-state index in [1.165, 1.54) is 6.92 Å². The monoisotopic (exact) mass is 266 g/mol. The maximum absolute atomic E-state index is 10.7. The van der Waals surface area contributed by atoms with E-state index in [-0.39, 0.29) is 19.8 Å². The zero-order chi connectivity index (χ0) is 14.3. The lowest BCUT2D eigenvalue weighted by Gasteiger charge is -2.11. The van der Waals surface area contributed by atoms with Crippen molar-refractivity contribution in [3.05, 3.63) is 34.2 Å². The maximum Gasteiger partial charge on any atom is 0.302 e. The average Bonchev–Trinajstić information content (AvgIpc) is 2.38. The second kappa shape index (κ2) is 7.68. The molecule has 0 spiro atoms. The number of aliphatic hydroxyl groups is 3. The van der Waals surface area contributed by atoms with Crippen LogP contribution in [0.4, 0.5) is 0 Å². The summed E-state index contributed by atoms with van der Waals surface area (Å²) in [7, 11) is 0. The fraction of sp³-hybridized carbons (Fsp3) is 0.357. The average molecular weight is 266 g/mol. The zero-order valence-electron chi connectivity index (χ0n) is 10.7. The summed E-state index contributed by atoms with van der Waals surface area (Å²) in [6, 6.07) is 5.10. The lowest BCUT2D eigenvalue weighted by molar-refractivity contribution is -0.144. The molecule has 1 aromatic carbocycles. The number of rotatable bonds is 5. The summed E-state index contributed by atoms with van der Waals surface area (Å²) in [6.07, 6.45) is 2.26. The normalized spacial score (nSPS) is 14.5. The Morgan fingerprint density at radius 1 is 1.26 bits per heavy atom. The Bertz CT molecular complexity index is 535. The van der Waals surface area contributed by atoms with Gasteiger partial charge in [-0.05, 0) is 22.1 Å². The number of hydrogen-bond acceptors (Lipinski definition) is 5. The van der Waals surface area contributed by atoms with Crippen molar-refractivity contribution in [3.8, 4) is 0 Å². The highest BCUT2D eigenvalue weighted by Crippen LogP contribution is 2.09. The first-order chi connectivity index (χ1) is 9.08. The minimum atomic E-state index is -0.919. The highest BCUT2D eigenvalue weighted by molar-refractivity contribution is 5.65. The Morgan fingerprint density at radius 2 is 1.89 bits per heavy atom. The van der Waals surface area contributed by atoms with E-state index in [1.54, 1.807) is 30.4 Å². The van der Waals surface area contributed by atoms with E-state index in [4.69, 9.17) is 14.9 Å². The molecule has 0 aliphatic heterocycles. The van der Waals surface area contributed by atoms with E-state index in [0.29, 0.717) is 10.8 Å². The standard InChI is InChI=1S/C14H18O5/c1-10(17)19-9-14(18)13-3-2-11(4-6-15)12(8-13)5-7-16/h2-5,8,14-16,18H,6-7,9H2,1H3. The molecule has 5 nitrogen and oxygen atoms in total. The topological polar surface area (TPSA) is 87.0 Å². The molecule has 104 valence electrons. The minimum absolute atomic E-state index is 0.110. The molecule has 0 saturated carbocycles. The van der Waals surface area contributed by atoms with Crippen molar-refractivity contribution >= 4 is 18.1 Å². The van der Waals surface area contributed by atoms with Crippen LogP contribution in [0.5, 0.6) is 0 Å². The molecule has 1 aromatic rings. The Morgan fingerprint density at radius 3 is 2.47 bits per heavy atom. The third-order valence-corrected chi connectivity index (χ3v) is 2.56. The molecule has 1 rings (SSSR count). The molecule has 0 bridgehead atoms. The van der Waals surface area contributed by atoms with Crippen LogP contribution in [-0.2, 0) is 9.53 Å². The van der Waals surface area contributed by atoms with E-state index in [9.17, 15) is 9.90 Å². The van der Waals surface area contributed by atoms with Crippen molar-refractivity contribution in [2.75, 3.05) is 19.8 Å². The van der Waals surface area contributed by atoms with Gasteiger partial charge in [0.25, 0.3) is 0 Å². The lowest BCUT2D eigenvalue weighted by Crippen LogP contribution is -2.27. The van der Waals surface area contributed by atoms with Gasteiger partial charge in [0.05, 0.1) is 13.2 Å². The third-order valence-electron chi connectivity index (χ3n) is 2.56. The van der Waals surface area contributed by atoms with Crippen molar-refractivity contribution in [1.82, 2.24) is 0 Å². The first-order valence-electron chi connectivity index (χ1n) is 5.92. The van der Waals surface area contributed by atoms with Crippen molar-refractivity contribution in [1.29, 1.82) is 0 Å². The lowest BCUT2D eigenvalue weighted by atomic mass is 10.1. The summed E-state index contributed by atoms with van der Waals surface area (Å²) < 4.78 is 4.74. The van der Waals surface area contributed by atoms with E-state index in [0.717, 1.165) is 5.22 Å². The van der Waals surface area contributed by atoms with Crippen LogP contribution in [0.1, 0.15) is 18.6 Å². The second-order valence-electron chi connectivity index (χ2n) is 3.98. The Labute approximate surface area is 111 Å². The summed E-state index contributed by atoms with van der Waals surface area (Å²) >= 11 is 0. The van der Waals surface area contributed by atoms with Gasteiger partial charge in [0, 0.05) is 6.92 Å². The predicted octanol–water partition coefficient (Wildman–Crippen LogP) is -1.17. The summed E-state index contributed by atoms with van der Waals surface area (Å²) in [5, 5.41) is 29.2. The molecule has 0 heterocycles. The van der Waals surface area contributed by atoms with Crippen LogP contribution in [0.15, 0.2) is 18.2 Å². The van der Waals surface area contributed by atoms with Gasteiger partial charge in [-0.1, -0.05) is 24.3 Å². The number of aliphatic hydroxyl groups excluding tert-OH is 3. The predicted molar refractivity (Wildman–Crippen MR) is 70.4 cm³/mol. The van der Waals surface area contributed by atoms with Crippen LogP contribution in [0.25, 0.3) is 12.2 Å². The largest absolute Gasteiger partial charge is 0.463 e. The van der Waals surface area contributed by atoms with Crippen molar-refractivity contribution in [2.24, 2.45) is 0 Å². The van der Waals surface area contributed by atoms with E-state index in [2.05, 4.69) is 0 Å². The van der Waals surface area contributed by atoms with Crippen LogP contribution in [0, 0.1) is 0 Å². The van der Waals surface area contributed by atoms with Gasteiger partial charge in [-0.15, -0.1) is 0 Å². The molecule has 0 amide bonds. The van der Waals surface area contributed by atoms with Gasteiger partial charge in [-0.25, -0.2) is 0 Å². The van der Waals surface area contributed by atoms with Gasteiger partial charge in [-0.3, -0.25) is 4.79 Å². The number of carbonyl (C=O) groups excluding carboxylic acids is 1. The van der Waals surface area contributed by atoms with Crippen LogP contribution < -0.4 is 10.4 Å². The molecule has 0 radical (unpaired) electrons. The quantitative estimate of drug-likeness (QED) is 0.585. The summed E-state index contributed by atoms with van der Waals surface area (Å²) in [5.41, 5.74) is 0.580. The van der Waals surface area contributed by atoms with Crippen LogP contribution in [0.2, 0.25) is 0 Å². The van der Waals surface area contributed by atoms with Gasteiger partial charge in [0.15, 0.2) is 0 Å². The fourth-order valence-electron chi connectivity index (χ4n) is 1.65. The molecule has 19 heavy (non-hydrogen) atoms. The molecule has 3 N–H and O–H groups in total. The highest BCUT2D eigenvalue weighted by atomic mass is 16.5. The second-order valence-corrected chi connectivity index (χ2v) is 3.98. The van der Waals surface area contributed by atoms with Gasteiger partial charge in [0.1, 0.15) is 12.7 Å². The minimum Gasteiger partial charge on any atom is -0.463 e. The summed E-state index contributed by atoms with van der Waals surface area (Å²) in [5.74, 6) is -0.452. The van der Waals surface area contributed by atoms with Gasteiger partial charge >= 0.3 is 5.97 Å². The van der Waals surface area contributed by atoms with Crippen molar-refractivity contribution in [3.63, 3.8) is 0 Å². The molecule has 0 aliphatic carbocycles. The summed E-state index contributed by atoms with van der Waals surface area (Å²) in [4.78, 5) is 10.7. The molecule has 0 aromatic heterocycles. The number of esters is 1. The molecule has 0 aliphatic rings. The Hall–Kier alpha value is -1.69. The van der Waals surface area contributed by atoms with E-state index < -0.39 is 12.1 Å². The SMILES string of the molecule is CC(=O)OCC(O)c1ccc(=CCO)c(=CCO)c1. The maximum atomic E-state index is 10.7. The van der Waals surface area contributed by atoms with Crippen LogP contribution in [-0.4, -0.2) is 41.1 Å². The van der Waals surface area contributed by atoms with Crippen molar-refractivity contribution in [2.45, 2.75) is 13.0 Å². The van der Waals surface area contributed by atoms with Gasteiger partial charge in [0.2, 0.25) is 0 Å². The smallest absolute Gasteiger partial charge is 0.302 e. The molecule has 1 unspecified atom stereocenters. The number of ether oxygens (including phenoxy) is 1. The molecule has 1 atom stereocenters. The Balaban J connectivity index is 3.05. The van der Waals surface area contributed by atoms with Crippen LogP contribution >= 0.6 is 0 Å². The number of carbonyl (C=O) groups is 1. The first-order valence-corrected chi connectivity index (χ1v) is 5.92. The molecular weight excluding hydrogens is 248 g/mol. The molecule has 5 heteroatoms. The van der Waals surface area contributed by atoms with Gasteiger partial charge < -0.3 is 20.1 Å². The summed E-state index contributed by atoms with van der Waals surface area (Å²) in [6.45, 7) is 0.908. The highest BCUT2D eigenvalue weighted by Gasteiger charge is 2.09. The molecule has 0 saturated heterocycles. The van der Waals surface area contributed by atoms with E-state index >= 15 is 0 Å². The van der Waals surface area contributed by atoms with E-state index in [1.807, 2.05) is 0 Å². The number of benzene rings is 1. The third kappa shape index (κ3) is 4.82. The van der Waals surface area contributed by atoms with Gasteiger partial charge in [-0.2, -0.15) is 0 Å². The molecular formula is C14H18O5. The first kappa shape index (κ1) is 15.4. The van der Waals surface area contributed by atoms with Crippen molar-refractivity contribution < 1.29 is 24.9 Å². The zero-order valence-corrected chi connectivity index (χ0v) is 10.7. The Kier molecular flexibility index (Phi) is 6.21. The fourth-order valence-corrected chi connectivity index (χ4v) is 1.65. The number of hydrogen-bond donors (Lipinski definition) is 3. The molecule has 0 fully saturated rings.